The SMILES string of the molecule is CCCCOC[C@H](O)CN(CCC)Cc1c(-c2ccccc2)nn(C)c1Oc1cccc(F)c1. The topological polar surface area (TPSA) is 59.8 Å². The molecule has 1 heterocycles. The van der Waals surface area contributed by atoms with Crippen molar-refractivity contribution in [3.63, 3.8) is 0 Å². The highest BCUT2D eigenvalue weighted by Gasteiger charge is 2.23. The van der Waals surface area contributed by atoms with Crippen LogP contribution < -0.4 is 4.74 Å². The van der Waals surface area contributed by atoms with Crippen molar-refractivity contribution in [1.29, 1.82) is 0 Å². The van der Waals surface area contributed by atoms with E-state index in [1.807, 2.05) is 37.4 Å². The summed E-state index contributed by atoms with van der Waals surface area (Å²) in [4.78, 5) is 2.19. The van der Waals surface area contributed by atoms with Crippen LogP contribution in [0.4, 0.5) is 4.39 Å². The maximum Gasteiger partial charge on any atom is 0.222 e. The summed E-state index contributed by atoms with van der Waals surface area (Å²) in [5.74, 6) is 0.609. The van der Waals surface area contributed by atoms with Crippen LogP contribution in [0.3, 0.4) is 0 Å². The van der Waals surface area contributed by atoms with Crippen molar-refractivity contribution in [3.8, 4) is 22.9 Å². The number of nitrogens with zero attached hydrogens (tertiary/aromatic N) is 3. The van der Waals surface area contributed by atoms with E-state index in [0.717, 1.165) is 42.6 Å². The van der Waals surface area contributed by atoms with E-state index < -0.39 is 6.10 Å². The van der Waals surface area contributed by atoms with Gasteiger partial charge in [0.1, 0.15) is 17.3 Å². The van der Waals surface area contributed by atoms with Gasteiger partial charge in [0.05, 0.1) is 18.3 Å². The zero-order valence-electron chi connectivity index (χ0n) is 20.4. The van der Waals surface area contributed by atoms with Gasteiger partial charge in [0.2, 0.25) is 5.88 Å². The fourth-order valence-corrected chi connectivity index (χ4v) is 3.88. The molecule has 0 fully saturated rings. The molecule has 184 valence electrons. The van der Waals surface area contributed by atoms with E-state index in [0.29, 0.717) is 37.9 Å². The number of aliphatic hydroxyl groups is 1. The Kier molecular flexibility index (Phi) is 10.1. The molecular formula is C27H36FN3O3. The Bertz CT molecular complexity index is 1010. The molecular weight excluding hydrogens is 433 g/mol. The van der Waals surface area contributed by atoms with Crippen LogP contribution in [0.1, 0.15) is 38.7 Å². The molecule has 0 aliphatic rings. The summed E-state index contributed by atoms with van der Waals surface area (Å²) in [6.45, 7) is 7.01. The van der Waals surface area contributed by atoms with Gasteiger partial charge in [0.25, 0.3) is 0 Å². The second kappa shape index (κ2) is 13.2. The Balaban J connectivity index is 1.88. The summed E-state index contributed by atoms with van der Waals surface area (Å²) in [5, 5.41) is 15.3. The summed E-state index contributed by atoms with van der Waals surface area (Å²) < 4.78 is 27.3. The van der Waals surface area contributed by atoms with E-state index in [1.54, 1.807) is 16.8 Å². The second-order valence-corrected chi connectivity index (χ2v) is 8.50. The van der Waals surface area contributed by atoms with Crippen molar-refractivity contribution in [2.75, 3.05) is 26.3 Å². The van der Waals surface area contributed by atoms with Gasteiger partial charge in [-0.2, -0.15) is 5.10 Å². The molecule has 2 aromatic carbocycles. The Hall–Kier alpha value is -2.74. The van der Waals surface area contributed by atoms with E-state index >= 15 is 0 Å². The van der Waals surface area contributed by atoms with Crippen molar-refractivity contribution in [3.05, 3.63) is 66.0 Å². The van der Waals surface area contributed by atoms with Gasteiger partial charge in [0, 0.05) is 38.4 Å². The molecule has 3 rings (SSSR count). The van der Waals surface area contributed by atoms with E-state index in [2.05, 4.69) is 18.7 Å². The van der Waals surface area contributed by atoms with Crippen LogP contribution in [-0.2, 0) is 18.3 Å². The van der Waals surface area contributed by atoms with Crippen LogP contribution in [0.15, 0.2) is 54.6 Å². The first-order chi connectivity index (χ1) is 16.5. The highest BCUT2D eigenvalue weighted by Crippen LogP contribution is 2.34. The zero-order chi connectivity index (χ0) is 24.3. The number of hydrogen-bond donors (Lipinski definition) is 1. The molecule has 0 unspecified atom stereocenters. The Morgan fingerprint density at radius 2 is 1.88 bits per heavy atom. The molecule has 6 nitrogen and oxygen atoms in total. The van der Waals surface area contributed by atoms with Crippen molar-refractivity contribution >= 4 is 0 Å². The van der Waals surface area contributed by atoms with E-state index in [-0.39, 0.29) is 5.82 Å². The van der Waals surface area contributed by atoms with Gasteiger partial charge in [-0.25, -0.2) is 9.07 Å². The average molecular weight is 470 g/mol. The predicted octanol–water partition coefficient (Wildman–Crippen LogP) is 5.41. The smallest absolute Gasteiger partial charge is 0.222 e. The number of ether oxygens (including phenoxy) is 2. The van der Waals surface area contributed by atoms with Gasteiger partial charge in [-0.15, -0.1) is 0 Å². The minimum absolute atomic E-state index is 0.311. The van der Waals surface area contributed by atoms with Crippen LogP contribution in [0.25, 0.3) is 11.3 Å². The Labute approximate surface area is 201 Å². The maximum atomic E-state index is 13.8. The second-order valence-electron chi connectivity index (χ2n) is 8.50. The van der Waals surface area contributed by atoms with Crippen LogP contribution in [0.5, 0.6) is 11.6 Å². The van der Waals surface area contributed by atoms with Crippen molar-refractivity contribution < 1.29 is 19.0 Å². The van der Waals surface area contributed by atoms with Crippen LogP contribution >= 0.6 is 0 Å². The molecule has 0 aliphatic heterocycles. The van der Waals surface area contributed by atoms with Gasteiger partial charge in [-0.1, -0.05) is 56.7 Å². The molecule has 1 N–H and O–H groups in total. The number of hydrogen-bond acceptors (Lipinski definition) is 5. The third kappa shape index (κ3) is 7.38. The number of halogens is 1. The van der Waals surface area contributed by atoms with Crippen LogP contribution in [0.2, 0.25) is 0 Å². The molecule has 0 spiro atoms. The first-order valence-corrected chi connectivity index (χ1v) is 12.0. The van der Waals surface area contributed by atoms with E-state index in [4.69, 9.17) is 14.6 Å². The normalized spacial score (nSPS) is 12.3. The molecule has 7 heteroatoms. The average Bonchev–Trinajstić information content (AvgIpc) is 3.12. The lowest BCUT2D eigenvalue weighted by atomic mass is 10.1. The fraction of sp³-hybridized carbons (Fsp3) is 0.444. The molecule has 0 bridgehead atoms. The lowest BCUT2D eigenvalue weighted by Crippen LogP contribution is -2.35. The van der Waals surface area contributed by atoms with Gasteiger partial charge >= 0.3 is 0 Å². The molecule has 0 radical (unpaired) electrons. The fourth-order valence-electron chi connectivity index (χ4n) is 3.88. The number of aliphatic hydroxyl groups excluding tert-OH is 1. The van der Waals surface area contributed by atoms with Crippen molar-refractivity contribution in [1.82, 2.24) is 14.7 Å². The predicted molar refractivity (Wildman–Crippen MR) is 132 cm³/mol. The Morgan fingerprint density at radius 3 is 2.59 bits per heavy atom. The minimum atomic E-state index is -0.590. The number of rotatable bonds is 14. The largest absolute Gasteiger partial charge is 0.439 e. The molecule has 1 atom stereocenters. The summed E-state index contributed by atoms with van der Waals surface area (Å²) in [6.07, 6.45) is 2.40. The first-order valence-electron chi connectivity index (χ1n) is 12.0. The van der Waals surface area contributed by atoms with Crippen LogP contribution in [0, 0.1) is 5.82 Å². The molecule has 0 saturated carbocycles. The van der Waals surface area contributed by atoms with Crippen molar-refractivity contribution in [2.24, 2.45) is 7.05 Å². The number of aryl methyl sites for hydroxylation is 1. The lowest BCUT2D eigenvalue weighted by Gasteiger charge is -2.25. The van der Waals surface area contributed by atoms with Gasteiger partial charge in [-0.3, -0.25) is 4.90 Å². The summed E-state index contributed by atoms with van der Waals surface area (Å²) in [6, 6.07) is 16.0. The number of aromatic nitrogens is 2. The Morgan fingerprint density at radius 1 is 1.09 bits per heavy atom. The summed E-state index contributed by atoms with van der Waals surface area (Å²) in [5.41, 5.74) is 2.68. The maximum absolute atomic E-state index is 13.8. The molecule has 0 saturated heterocycles. The molecule has 34 heavy (non-hydrogen) atoms. The lowest BCUT2D eigenvalue weighted by molar-refractivity contribution is 0.0143. The van der Waals surface area contributed by atoms with E-state index in [1.165, 1.54) is 12.1 Å². The zero-order valence-corrected chi connectivity index (χ0v) is 20.4. The van der Waals surface area contributed by atoms with Crippen LogP contribution in [-0.4, -0.2) is 52.2 Å². The molecule has 0 aliphatic carbocycles. The number of benzene rings is 2. The third-order valence-corrected chi connectivity index (χ3v) is 5.49. The standard InChI is InChI=1S/C27H36FN3O3/c1-4-6-16-33-20-23(32)18-31(15-5-2)19-25-26(21-11-8-7-9-12-21)29-30(3)27(25)34-24-14-10-13-22(28)17-24/h7-14,17,23,32H,4-6,15-16,18-20H2,1-3H3/t23-/m1/s1. The van der Waals surface area contributed by atoms with Gasteiger partial charge in [-0.05, 0) is 31.5 Å². The quantitative estimate of drug-likeness (QED) is 0.320. The minimum Gasteiger partial charge on any atom is -0.439 e. The van der Waals surface area contributed by atoms with Crippen molar-refractivity contribution in [2.45, 2.75) is 45.8 Å². The molecule has 0 amide bonds. The number of unbranched alkanes of at least 4 members (excludes halogenated alkanes) is 1. The van der Waals surface area contributed by atoms with Gasteiger partial charge < -0.3 is 14.6 Å². The highest BCUT2D eigenvalue weighted by molar-refractivity contribution is 5.65. The summed E-state index contributed by atoms with van der Waals surface area (Å²) >= 11 is 0. The van der Waals surface area contributed by atoms with E-state index in [9.17, 15) is 9.50 Å². The third-order valence-electron chi connectivity index (χ3n) is 5.49. The monoisotopic (exact) mass is 469 g/mol. The molecule has 3 aromatic rings. The summed E-state index contributed by atoms with van der Waals surface area (Å²) in [7, 11) is 1.82. The first kappa shape index (κ1) is 25.9. The highest BCUT2D eigenvalue weighted by atomic mass is 19.1. The molecule has 1 aromatic heterocycles. The van der Waals surface area contributed by atoms with Gasteiger partial charge in [0.15, 0.2) is 0 Å².